The quantitative estimate of drug-likeness (QED) is 0.711. The largest absolute Gasteiger partial charge is 0.492 e. The molecule has 2 aromatic rings. The zero-order chi connectivity index (χ0) is 17.7. The maximum atomic E-state index is 12.2. The fraction of sp³-hybridized carbons (Fsp3) is 0.188. The normalized spacial score (nSPS) is 11.1. The van der Waals surface area contributed by atoms with Crippen molar-refractivity contribution in [2.24, 2.45) is 0 Å². The highest BCUT2D eigenvalue weighted by Gasteiger charge is 2.15. The standard InChI is InChI=1S/C16H15BrClNO4S/c1-24(21,22)13-5-6-15(18)14(10-13)16(20)19-7-8-23-12-4-2-3-11(17)9-12/h2-6,9-10H,7-8H2,1H3,(H,19,20). The molecular weight excluding hydrogens is 418 g/mol. The first-order valence-electron chi connectivity index (χ1n) is 6.93. The second-order valence-electron chi connectivity index (χ2n) is 4.98. The van der Waals surface area contributed by atoms with Crippen LogP contribution >= 0.6 is 27.5 Å². The van der Waals surface area contributed by atoms with Crippen molar-refractivity contribution in [1.29, 1.82) is 0 Å². The fourth-order valence-corrected chi connectivity index (χ4v) is 3.12. The molecule has 5 nitrogen and oxygen atoms in total. The van der Waals surface area contributed by atoms with Crippen molar-refractivity contribution < 1.29 is 17.9 Å². The molecule has 0 aliphatic heterocycles. The first kappa shape index (κ1) is 18.8. The summed E-state index contributed by atoms with van der Waals surface area (Å²) in [7, 11) is -3.41. The van der Waals surface area contributed by atoms with E-state index in [0.29, 0.717) is 5.75 Å². The molecule has 1 N–H and O–H groups in total. The summed E-state index contributed by atoms with van der Waals surface area (Å²) in [4.78, 5) is 12.2. The van der Waals surface area contributed by atoms with Crippen LogP contribution in [0.1, 0.15) is 10.4 Å². The van der Waals surface area contributed by atoms with E-state index in [9.17, 15) is 13.2 Å². The molecule has 2 rings (SSSR count). The Hall–Kier alpha value is -1.57. The average molecular weight is 433 g/mol. The Kier molecular flexibility index (Phi) is 6.26. The molecule has 0 spiro atoms. The highest BCUT2D eigenvalue weighted by Crippen LogP contribution is 2.20. The van der Waals surface area contributed by atoms with Crippen LogP contribution in [0.5, 0.6) is 5.75 Å². The van der Waals surface area contributed by atoms with Gasteiger partial charge in [-0.1, -0.05) is 33.6 Å². The third-order valence-electron chi connectivity index (χ3n) is 3.06. The van der Waals surface area contributed by atoms with Gasteiger partial charge < -0.3 is 10.1 Å². The molecule has 0 aromatic heterocycles. The number of nitrogens with one attached hydrogen (secondary N) is 1. The lowest BCUT2D eigenvalue weighted by Gasteiger charge is -2.10. The molecule has 0 unspecified atom stereocenters. The summed E-state index contributed by atoms with van der Waals surface area (Å²) in [6.07, 6.45) is 1.07. The van der Waals surface area contributed by atoms with E-state index in [1.165, 1.54) is 18.2 Å². The maximum absolute atomic E-state index is 12.2. The van der Waals surface area contributed by atoms with Crippen LogP contribution in [0.25, 0.3) is 0 Å². The van der Waals surface area contributed by atoms with E-state index in [1.807, 2.05) is 18.2 Å². The predicted molar refractivity (Wildman–Crippen MR) is 96.5 cm³/mol. The van der Waals surface area contributed by atoms with E-state index in [2.05, 4.69) is 21.2 Å². The van der Waals surface area contributed by atoms with E-state index >= 15 is 0 Å². The molecule has 24 heavy (non-hydrogen) atoms. The van der Waals surface area contributed by atoms with Gasteiger partial charge in [-0.2, -0.15) is 0 Å². The predicted octanol–water partition coefficient (Wildman–Crippen LogP) is 3.31. The average Bonchev–Trinajstić information content (AvgIpc) is 2.50. The van der Waals surface area contributed by atoms with Gasteiger partial charge in [0, 0.05) is 10.7 Å². The van der Waals surface area contributed by atoms with Crippen LogP contribution in [-0.4, -0.2) is 33.7 Å². The molecule has 0 saturated carbocycles. The number of sulfone groups is 1. The summed E-state index contributed by atoms with van der Waals surface area (Å²) in [5, 5.41) is 2.84. The van der Waals surface area contributed by atoms with Crippen LogP contribution in [0.4, 0.5) is 0 Å². The summed E-state index contributed by atoms with van der Waals surface area (Å²) >= 11 is 9.32. The van der Waals surface area contributed by atoms with Crippen molar-refractivity contribution >= 4 is 43.3 Å². The number of carbonyl (C=O) groups excluding carboxylic acids is 1. The monoisotopic (exact) mass is 431 g/mol. The second-order valence-corrected chi connectivity index (χ2v) is 8.31. The van der Waals surface area contributed by atoms with Crippen LogP contribution in [-0.2, 0) is 9.84 Å². The van der Waals surface area contributed by atoms with Crippen molar-refractivity contribution in [2.75, 3.05) is 19.4 Å². The highest BCUT2D eigenvalue weighted by molar-refractivity contribution is 9.10. The van der Waals surface area contributed by atoms with Gasteiger partial charge >= 0.3 is 0 Å². The molecule has 0 radical (unpaired) electrons. The van der Waals surface area contributed by atoms with Crippen LogP contribution in [0.2, 0.25) is 5.02 Å². The number of halogens is 2. The number of amides is 1. The summed E-state index contributed by atoms with van der Waals surface area (Å²) < 4.78 is 29.5. The van der Waals surface area contributed by atoms with Crippen molar-refractivity contribution in [2.45, 2.75) is 4.90 Å². The summed E-state index contributed by atoms with van der Waals surface area (Å²) in [5.41, 5.74) is 0.113. The molecule has 128 valence electrons. The van der Waals surface area contributed by atoms with Gasteiger partial charge in [0.05, 0.1) is 22.0 Å². The van der Waals surface area contributed by atoms with Crippen molar-refractivity contribution in [3.63, 3.8) is 0 Å². The number of carbonyl (C=O) groups is 1. The van der Waals surface area contributed by atoms with Gasteiger partial charge in [-0.05, 0) is 36.4 Å². The first-order chi connectivity index (χ1) is 11.3. The van der Waals surface area contributed by atoms with E-state index in [-0.39, 0.29) is 28.6 Å². The Balaban J connectivity index is 1.95. The van der Waals surface area contributed by atoms with Crippen molar-refractivity contribution in [1.82, 2.24) is 5.32 Å². The van der Waals surface area contributed by atoms with Crippen molar-refractivity contribution in [3.8, 4) is 5.75 Å². The minimum Gasteiger partial charge on any atom is -0.492 e. The Morgan fingerprint density at radius 3 is 2.67 bits per heavy atom. The van der Waals surface area contributed by atoms with Crippen LogP contribution < -0.4 is 10.1 Å². The summed E-state index contributed by atoms with van der Waals surface area (Å²) in [6, 6.07) is 11.4. The van der Waals surface area contributed by atoms with E-state index in [1.54, 1.807) is 6.07 Å². The van der Waals surface area contributed by atoms with Crippen LogP contribution in [0.15, 0.2) is 51.8 Å². The number of ether oxygens (including phenoxy) is 1. The van der Waals surface area contributed by atoms with Gasteiger partial charge in [-0.15, -0.1) is 0 Å². The van der Waals surface area contributed by atoms with Gasteiger partial charge in [0.25, 0.3) is 5.91 Å². The third-order valence-corrected chi connectivity index (χ3v) is 5.00. The zero-order valence-electron chi connectivity index (χ0n) is 12.8. The van der Waals surface area contributed by atoms with Crippen molar-refractivity contribution in [3.05, 3.63) is 57.5 Å². The topological polar surface area (TPSA) is 72.5 Å². The van der Waals surface area contributed by atoms with Crippen LogP contribution in [0, 0.1) is 0 Å². The van der Waals surface area contributed by atoms with Gasteiger partial charge in [0.1, 0.15) is 12.4 Å². The smallest absolute Gasteiger partial charge is 0.252 e. The Labute approximate surface area is 154 Å². The minimum atomic E-state index is -3.41. The Morgan fingerprint density at radius 1 is 1.25 bits per heavy atom. The highest BCUT2D eigenvalue weighted by atomic mass is 79.9. The van der Waals surface area contributed by atoms with E-state index < -0.39 is 15.7 Å². The van der Waals surface area contributed by atoms with Gasteiger partial charge in [0.2, 0.25) is 0 Å². The Bertz CT molecular complexity index is 855. The SMILES string of the molecule is CS(=O)(=O)c1ccc(Cl)c(C(=O)NCCOc2cccc(Br)c2)c1. The van der Waals surface area contributed by atoms with E-state index in [0.717, 1.165) is 10.7 Å². The number of hydrogen-bond donors (Lipinski definition) is 1. The number of rotatable bonds is 6. The number of benzene rings is 2. The lowest BCUT2D eigenvalue weighted by Crippen LogP contribution is -2.28. The zero-order valence-corrected chi connectivity index (χ0v) is 15.9. The van der Waals surface area contributed by atoms with Gasteiger partial charge in [-0.25, -0.2) is 8.42 Å². The molecule has 0 saturated heterocycles. The molecular formula is C16H15BrClNO4S. The summed E-state index contributed by atoms with van der Waals surface area (Å²) in [6.45, 7) is 0.524. The second kappa shape index (κ2) is 8.00. The molecule has 0 aliphatic rings. The molecule has 0 fully saturated rings. The number of hydrogen-bond acceptors (Lipinski definition) is 4. The van der Waals surface area contributed by atoms with E-state index in [4.69, 9.17) is 16.3 Å². The molecule has 0 aliphatic carbocycles. The van der Waals surface area contributed by atoms with Gasteiger partial charge in [0.15, 0.2) is 9.84 Å². The molecule has 0 atom stereocenters. The Morgan fingerprint density at radius 2 is 2.00 bits per heavy atom. The maximum Gasteiger partial charge on any atom is 0.252 e. The first-order valence-corrected chi connectivity index (χ1v) is 10.00. The lowest BCUT2D eigenvalue weighted by atomic mass is 10.2. The fourth-order valence-electron chi connectivity index (χ4n) is 1.89. The summed E-state index contributed by atoms with van der Waals surface area (Å²) in [5.74, 6) is 0.221. The van der Waals surface area contributed by atoms with Gasteiger partial charge in [-0.3, -0.25) is 4.79 Å². The lowest BCUT2D eigenvalue weighted by molar-refractivity contribution is 0.0947. The molecule has 8 heteroatoms. The van der Waals surface area contributed by atoms with Crippen LogP contribution in [0.3, 0.4) is 0 Å². The molecule has 0 bridgehead atoms. The molecule has 2 aromatic carbocycles. The molecule has 1 amide bonds. The molecule has 0 heterocycles. The minimum absolute atomic E-state index is 0.0439. The third kappa shape index (κ3) is 5.22.